The SMILES string of the molecule is N/C=C(/CC(=O)N1CCc2ccc(Oc3ccc(C(F)(F)F)c(F)c3)cc2C1)C(N)=O. The Morgan fingerprint density at radius 2 is 1.77 bits per heavy atom. The molecule has 2 amide bonds. The molecule has 4 N–H and O–H groups in total. The summed E-state index contributed by atoms with van der Waals surface area (Å²) in [4.78, 5) is 25.3. The molecule has 0 saturated carbocycles. The second-order valence-corrected chi connectivity index (χ2v) is 6.97. The van der Waals surface area contributed by atoms with Crippen LogP contribution >= 0.6 is 0 Å². The lowest BCUT2D eigenvalue weighted by Crippen LogP contribution is -2.37. The summed E-state index contributed by atoms with van der Waals surface area (Å²) < 4.78 is 57.4. The van der Waals surface area contributed by atoms with E-state index in [1.807, 2.05) is 0 Å². The number of ether oxygens (including phenoxy) is 1. The van der Waals surface area contributed by atoms with Gasteiger partial charge in [-0.15, -0.1) is 0 Å². The molecule has 3 rings (SSSR count). The van der Waals surface area contributed by atoms with Gasteiger partial charge in [-0.2, -0.15) is 13.2 Å². The Bertz CT molecular complexity index is 1050. The Morgan fingerprint density at radius 3 is 2.39 bits per heavy atom. The molecule has 0 aliphatic carbocycles. The minimum Gasteiger partial charge on any atom is -0.457 e. The molecule has 0 unspecified atom stereocenters. The zero-order valence-electron chi connectivity index (χ0n) is 16.2. The number of hydrogen-bond acceptors (Lipinski definition) is 4. The van der Waals surface area contributed by atoms with Gasteiger partial charge >= 0.3 is 6.18 Å². The molecule has 0 atom stereocenters. The molecule has 31 heavy (non-hydrogen) atoms. The van der Waals surface area contributed by atoms with Crippen molar-refractivity contribution in [1.29, 1.82) is 0 Å². The highest BCUT2D eigenvalue weighted by Gasteiger charge is 2.34. The number of alkyl halides is 3. The summed E-state index contributed by atoms with van der Waals surface area (Å²) >= 11 is 0. The number of primary amides is 1. The number of carbonyl (C=O) groups is 2. The van der Waals surface area contributed by atoms with Gasteiger partial charge in [0.15, 0.2) is 0 Å². The minimum absolute atomic E-state index is 0.0113. The number of halogens is 4. The van der Waals surface area contributed by atoms with Crippen molar-refractivity contribution in [2.75, 3.05) is 6.54 Å². The summed E-state index contributed by atoms with van der Waals surface area (Å²) in [6, 6.07) is 7.35. The van der Waals surface area contributed by atoms with E-state index < -0.39 is 23.5 Å². The smallest absolute Gasteiger partial charge is 0.419 e. The number of rotatable bonds is 5. The van der Waals surface area contributed by atoms with Gasteiger partial charge in [-0.3, -0.25) is 9.59 Å². The predicted molar refractivity (Wildman–Crippen MR) is 103 cm³/mol. The molecular weight excluding hydrogens is 418 g/mol. The fourth-order valence-electron chi connectivity index (χ4n) is 3.24. The van der Waals surface area contributed by atoms with Crippen molar-refractivity contribution in [2.24, 2.45) is 11.5 Å². The topological polar surface area (TPSA) is 98.7 Å². The van der Waals surface area contributed by atoms with Crippen LogP contribution in [-0.4, -0.2) is 23.3 Å². The lowest BCUT2D eigenvalue weighted by atomic mass is 9.99. The van der Waals surface area contributed by atoms with Crippen LogP contribution in [0.25, 0.3) is 0 Å². The van der Waals surface area contributed by atoms with Crippen LogP contribution in [-0.2, 0) is 28.7 Å². The number of nitrogens with zero attached hydrogens (tertiary/aromatic N) is 1. The fourth-order valence-corrected chi connectivity index (χ4v) is 3.24. The van der Waals surface area contributed by atoms with E-state index in [4.69, 9.17) is 16.2 Å². The van der Waals surface area contributed by atoms with Crippen molar-refractivity contribution in [2.45, 2.75) is 25.6 Å². The van der Waals surface area contributed by atoms with Crippen LogP contribution in [0.2, 0.25) is 0 Å². The third-order valence-corrected chi connectivity index (χ3v) is 4.88. The first-order valence-corrected chi connectivity index (χ1v) is 9.23. The van der Waals surface area contributed by atoms with Crippen LogP contribution in [0.15, 0.2) is 48.2 Å². The highest BCUT2D eigenvalue weighted by Crippen LogP contribution is 2.34. The second kappa shape index (κ2) is 8.66. The van der Waals surface area contributed by atoms with Gasteiger partial charge in [-0.25, -0.2) is 4.39 Å². The van der Waals surface area contributed by atoms with E-state index in [9.17, 15) is 27.2 Å². The molecule has 0 saturated heterocycles. The normalized spacial score (nSPS) is 14.2. The highest BCUT2D eigenvalue weighted by atomic mass is 19.4. The van der Waals surface area contributed by atoms with Crippen molar-refractivity contribution in [3.63, 3.8) is 0 Å². The summed E-state index contributed by atoms with van der Waals surface area (Å²) in [5.74, 6) is -2.33. The summed E-state index contributed by atoms with van der Waals surface area (Å²) in [6.45, 7) is 0.677. The fraction of sp³-hybridized carbons (Fsp3) is 0.238. The summed E-state index contributed by atoms with van der Waals surface area (Å²) in [6.07, 6.45) is -3.44. The first-order valence-electron chi connectivity index (χ1n) is 9.23. The molecule has 6 nitrogen and oxygen atoms in total. The van der Waals surface area contributed by atoms with E-state index in [0.29, 0.717) is 25.1 Å². The molecule has 0 radical (unpaired) electrons. The van der Waals surface area contributed by atoms with Gasteiger partial charge in [0.1, 0.15) is 17.3 Å². The Balaban J connectivity index is 1.74. The summed E-state index contributed by atoms with van der Waals surface area (Å²) in [7, 11) is 0. The van der Waals surface area contributed by atoms with E-state index in [2.05, 4.69) is 0 Å². The third kappa shape index (κ3) is 5.14. The van der Waals surface area contributed by atoms with Crippen molar-refractivity contribution < 1.29 is 31.9 Å². The van der Waals surface area contributed by atoms with E-state index in [0.717, 1.165) is 23.4 Å². The van der Waals surface area contributed by atoms with Crippen LogP contribution in [0.4, 0.5) is 17.6 Å². The molecule has 10 heteroatoms. The maximum atomic E-state index is 13.8. The quantitative estimate of drug-likeness (QED) is 0.554. The zero-order valence-corrected chi connectivity index (χ0v) is 16.2. The third-order valence-electron chi connectivity index (χ3n) is 4.88. The summed E-state index contributed by atoms with van der Waals surface area (Å²) in [5, 5.41) is 0. The molecule has 0 aromatic heterocycles. The summed E-state index contributed by atoms with van der Waals surface area (Å²) in [5.41, 5.74) is 10.9. The minimum atomic E-state index is -4.79. The van der Waals surface area contributed by atoms with Crippen molar-refractivity contribution in [3.05, 3.63) is 70.7 Å². The van der Waals surface area contributed by atoms with E-state index in [-0.39, 0.29) is 35.9 Å². The average molecular weight is 437 g/mol. The lowest BCUT2D eigenvalue weighted by Gasteiger charge is -2.29. The van der Waals surface area contributed by atoms with Gasteiger partial charge < -0.3 is 21.1 Å². The van der Waals surface area contributed by atoms with E-state index >= 15 is 0 Å². The maximum Gasteiger partial charge on any atom is 0.419 e. The number of nitrogens with two attached hydrogens (primary N) is 2. The lowest BCUT2D eigenvalue weighted by molar-refractivity contribution is -0.140. The molecule has 2 aromatic carbocycles. The van der Waals surface area contributed by atoms with Gasteiger partial charge in [0.2, 0.25) is 11.8 Å². The number of carbonyl (C=O) groups excluding carboxylic acids is 2. The standard InChI is InChI=1S/C21H19F4N3O3/c22-18-9-16(3-4-17(18)21(23,24)25)31-15-2-1-12-5-6-28(11-14(12)7-15)19(29)8-13(10-26)20(27)30/h1-4,7,9-10H,5-6,8,11,26H2,(H2,27,30)/b13-10-. The monoisotopic (exact) mass is 437 g/mol. The van der Waals surface area contributed by atoms with Gasteiger partial charge in [0, 0.05) is 30.9 Å². The van der Waals surface area contributed by atoms with Gasteiger partial charge in [0.05, 0.1) is 12.0 Å². The van der Waals surface area contributed by atoms with Crippen molar-refractivity contribution in [1.82, 2.24) is 4.90 Å². The molecule has 0 bridgehead atoms. The van der Waals surface area contributed by atoms with Crippen LogP contribution in [0.3, 0.4) is 0 Å². The Hall–Kier alpha value is -3.56. The van der Waals surface area contributed by atoms with Crippen LogP contribution in [0.1, 0.15) is 23.1 Å². The Morgan fingerprint density at radius 1 is 1.10 bits per heavy atom. The van der Waals surface area contributed by atoms with Gasteiger partial charge in [-0.05, 0) is 41.8 Å². The molecule has 2 aromatic rings. The van der Waals surface area contributed by atoms with Gasteiger partial charge in [-0.1, -0.05) is 6.07 Å². The molecule has 0 spiro atoms. The predicted octanol–water partition coefficient (Wildman–Crippen LogP) is 3.24. The second-order valence-electron chi connectivity index (χ2n) is 6.97. The molecule has 0 fully saturated rings. The number of fused-ring (bicyclic) bond motifs is 1. The first kappa shape index (κ1) is 22.1. The Kier molecular flexibility index (Phi) is 6.19. The average Bonchev–Trinajstić information content (AvgIpc) is 2.70. The van der Waals surface area contributed by atoms with E-state index in [1.165, 1.54) is 4.90 Å². The van der Waals surface area contributed by atoms with Crippen LogP contribution < -0.4 is 16.2 Å². The van der Waals surface area contributed by atoms with E-state index in [1.54, 1.807) is 18.2 Å². The zero-order chi connectivity index (χ0) is 22.8. The highest BCUT2D eigenvalue weighted by molar-refractivity contribution is 5.97. The maximum absolute atomic E-state index is 13.8. The molecule has 1 aliphatic heterocycles. The Labute approximate surface area is 175 Å². The van der Waals surface area contributed by atoms with Gasteiger partial charge in [0.25, 0.3) is 0 Å². The first-order chi connectivity index (χ1) is 14.6. The number of benzene rings is 2. The van der Waals surface area contributed by atoms with Crippen LogP contribution in [0.5, 0.6) is 11.5 Å². The molecule has 1 heterocycles. The number of hydrogen-bond donors (Lipinski definition) is 2. The van der Waals surface area contributed by atoms with Crippen LogP contribution in [0, 0.1) is 5.82 Å². The largest absolute Gasteiger partial charge is 0.457 e. The van der Waals surface area contributed by atoms with Crippen molar-refractivity contribution in [3.8, 4) is 11.5 Å². The molecular formula is C21H19F4N3O3. The molecule has 1 aliphatic rings. The van der Waals surface area contributed by atoms with Crippen molar-refractivity contribution >= 4 is 11.8 Å². The number of amides is 2. The molecule has 164 valence electrons.